The third-order valence-corrected chi connectivity index (χ3v) is 2.48. The lowest BCUT2D eigenvalue weighted by Gasteiger charge is -1.98. The van der Waals surface area contributed by atoms with Crippen molar-refractivity contribution in [3.05, 3.63) is 35.0 Å². The van der Waals surface area contributed by atoms with Crippen LogP contribution in [0.2, 0.25) is 5.02 Å². The van der Waals surface area contributed by atoms with Gasteiger partial charge < -0.3 is 4.57 Å². The summed E-state index contributed by atoms with van der Waals surface area (Å²) in [5.74, 6) is 0. The van der Waals surface area contributed by atoms with Gasteiger partial charge in [0.25, 0.3) is 0 Å². The van der Waals surface area contributed by atoms with Crippen molar-refractivity contribution >= 4 is 22.5 Å². The number of hydrogen-bond donors (Lipinski definition) is 0. The molecule has 1 aromatic heterocycles. The highest BCUT2D eigenvalue weighted by Gasteiger charge is 2.01. The number of hydrogen-bond acceptors (Lipinski definition) is 0. The molecule has 2 aromatic rings. The predicted octanol–water partition coefficient (Wildman–Crippen LogP) is 3.14. The van der Waals surface area contributed by atoms with E-state index >= 15 is 0 Å². The second-order valence-electron chi connectivity index (χ2n) is 3.05. The normalized spacial score (nSPS) is 10.9. The van der Waals surface area contributed by atoms with Crippen molar-refractivity contribution in [3.8, 4) is 0 Å². The van der Waals surface area contributed by atoms with E-state index in [0.29, 0.717) is 0 Å². The highest BCUT2D eigenvalue weighted by molar-refractivity contribution is 6.31. The summed E-state index contributed by atoms with van der Waals surface area (Å²) in [7, 11) is 2.05. The lowest BCUT2D eigenvalue weighted by atomic mass is 10.2. The average Bonchev–Trinajstić information content (AvgIpc) is 2.31. The van der Waals surface area contributed by atoms with Gasteiger partial charge in [0.1, 0.15) is 0 Å². The van der Waals surface area contributed by atoms with Gasteiger partial charge in [-0.05, 0) is 30.5 Å². The molecule has 0 aliphatic rings. The van der Waals surface area contributed by atoms with Crippen LogP contribution in [0.1, 0.15) is 5.69 Å². The number of nitrogens with zero attached hydrogens (tertiary/aromatic N) is 1. The second-order valence-corrected chi connectivity index (χ2v) is 3.48. The Morgan fingerprint density at radius 3 is 2.75 bits per heavy atom. The van der Waals surface area contributed by atoms with Crippen LogP contribution in [0.5, 0.6) is 0 Å². The van der Waals surface area contributed by atoms with Crippen LogP contribution in [-0.2, 0) is 7.05 Å². The minimum absolute atomic E-state index is 0.795. The van der Waals surface area contributed by atoms with Gasteiger partial charge >= 0.3 is 0 Å². The third kappa shape index (κ3) is 1.01. The van der Waals surface area contributed by atoms with E-state index < -0.39 is 0 Å². The Morgan fingerprint density at radius 2 is 2.00 bits per heavy atom. The highest BCUT2D eigenvalue weighted by Crippen LogP contribution is 2.21. The molecule has 1 heterocycles. The van der Waals surface area contributed by atoms with Crippen LogP contribution in [-0.4, -0.2) is 4.57 Å². The van der Waals surface area contributed by atoms with Gasteiger partial charge in [0, 0.05) is 23.3 Å². The zero-order valence-corrected chi connectivity index (χ0v) is 7.89. The first-order chi connectivity index (χ1) is 5.68. The van der Waals surface area contributed by atoms with Gasteiger partial charge in [0.05, 0.1) is 0 Å². The van der Waals surface area contributed by atoms with E-state index in [4.69, 9.17) is 11.6 Å². The molecule has 2 rings (SSSR count). The molecule has 0 saturated carbocycles. The van der Waals surface area contributed by atoms with Gasteiger partial charge in [-0.15, -0.1) is 0 Å². The van der Waals surface area contributed by atoms with Gasteiger partial charge in [-0.1, -0.05) is 17.7 Å². The molecular formula is C10H10ClN. The zero-order chi connectivity index (χ0) is 8.72. The molecule has 0 radical (unpaired) electrons. The van der Waals surface area contributed by atoms with Crippen molar-refractivity contribution in [2.24, 2.45) is 7.05 Å². The average molecular weight is 180 g/mol. The highest BCUT2D eigenvalue weighted by atomic mass is 35.5. The quantitative estimate of drug-likeness (QED) is 0.586. The number of halogens is 1. The molecule has 0 N–H and O–H groups in total. The molecule has 2 heteroatoms. The molecular weight excluding hydrogens is 170 g/mol. The SMILES string of the molecule is Cc1cc2ccc(Cl)cc2n1C. The first-order valence-electron chi connectivity index (χ1n) is 3.90. The summed E-state index contributed by atoms with van der Waals surface area (Å²) in [6.07, 6.45) is 0. The Hall–Kier alpha value is -0.950. The van der Waals surface area contributed by atoms with E-state index in [-0.39, 0.29) is 0 Å². The first-order valence-corrected chi connectivity index (χ1v) is 4.28. The van der Waals surface area contributed by atoms with Crippen molar-refractivity contribution in [1.82, 2.24) is 4.57 Å². The number of aryl methyl sites for hydroxylation is 2. The maximum Gasteiger partial charge on any atom is 0.0494 e. The van der Waals surface area contributed by atoms with Crippen LogP contribution in [0, 0.1) is 6.92 Å². The zero-order valence-electron chi connectivity index (χ0n) is 7.13. The maximum absolute atomic E-state index is 5.89. The molecule has 1 aromatic carbocycles. The minimum Gasteiger partial charge on any atom is -0.348 e. The van der Waals surface area contributed by atoms with Gasteiger partial charge in [0.15, 0.2) is 0 Å². The molecule has 0 aliphatic carbocycles. The number of rotatable bonds is 0. The van der Waals surface area contributed by atoms with Gasteiger partial charge in [-0.3, -0.25) is 0 Å². The fourth-order valence-electron chi connectivity index (χ4n) is 1.44. The van der Waals surface area contributed by atoms with Crippen molar-refractivity contribution in [3.63, 3.8) is 0 Å². The Morgan fingerprint density at radius 1 is 1.25 bits per heavy atom. The molecule has 0 saturated heterocycles. The van der Waals surface area contributed by atoms with Gasteiger partial charge in [-0.2, -0.15) is 0 Å². The van der Waals surface area contributed by atoms with Crippen molar-refractivity contribution in [2.75, 3.05) is 0 Å². The fraction of sp³-hybridized carbons (Fsp3) is 0.200. The molecule has 0 spiro atoms. The molecule has 0 bridgehead atoms. The first kappa shape index (κ1) is 7.69. The smallest absolute Gasteiger partial charge is 0.0494 e. The Balaban J connectivity index is 2.88. The van der Waals surface area contributed by atoms with Crippen LogP contribution >= 0.6 is 11.6 Å². The van der Waals surface area contributed by atoms with Crippen LogP contribution in [0.4, 0.5) is 0 Å². The number of benzene rings is 1. The van der Waals surface area contributed by atoms with Gasteiger partial charge in [0.2, 0.25) is 0 Å². The van der Waals surface area contributed by atoms with Crippen molar-refractivity contribution < 1.29 is 0 Å². The summed E-state index contributed by atoms with van der Waals surface area (Å²) in [5.41, 5.74) is 2.45. The van der Waals surface area contributed by atoms with Crippen LogP contribution in [0.15, 0.2) is 24.3 Å². The minimum atomic E-state index is 0.795. The van der Waals surface area contributed by atoms with E-state index in [1.807, 2.05) is 25.2 Å². The second kappa shape index (κ2) is 2.53. The van der Waals surface area contributed by atoms with E-state index in [9.17, 15) is 0 Å². The molecule has 62 valence electrons. The molecule has 0 amide bonds. The molecule has 0 unspecified atom stereocenters. The van der Waals surface area contributed by atoms with E-state index in [1.54, 1.807) is 0 Å². The van der Waals surface area contributed by atoms with Crippen molar-refractivity contribution in [2.45, 2.75) is 6.92 Å². The Bertz CT molecular complexity index is 429. The summed E-state index contributed by atoms with van der Waals surface area (Å²) in [4.78, 5) is 0. The predicted molar refractivity (Wildman–Crippen MR) is 52.7 cm³/mol. The Kier molecular flexibility index (Phi) is 1.62. The Labute approximate surface area is 76.6 Å². The van der Waals surface area contributed by atoms with E-state index in [1.165, 1.54) is 16.6 Å². The number of aromatic nitrogens is 1. The van der Waals surface area contributed by atoms with Crippen LogP contribution < -0.4 is 0 Å². The lowest BCUT2D eigenvalue weighted by Crippen LogP contribution is -1.88. The topological polar surface area (TPSA) is 4.93 Å². The number of fused-ring (bicyclic) bond motifs is 1. The third-order valence-electron chi connectivity index (χ3n) is 2.25. The summed E-state index contributed by atoms with van der Waals surface area (Å²) in [6.45, 7) is 2.09. The summed E-state index contributed by atoms with van der Waals surface area (Å²) >= 11 is 5.89. The molecule has 0 fully saturated rings. The molecule has 0 aliphatic heterocycles. The monoisotopic (exact) mass is 179 g/mol. The van der Waals surface area contributed by atoms with E-state index in [2.05, 4.69) is 17.6 Å². The largest absolute Gasteiger partial charge is 0.348 e. The lowest BCUT2D eigenvalue weighted by molar-refractivity contribution is 0.918. The van der Waals surface area contributed by atoms with Crippen LogP contribution in [0.3, 0.4) is 0 Å². The summed E-state index contributed by atoms with van der Waals surface area (Å²) in [6, 6.07) is 8.11. The van der Waals surface area contributed by atoms with Gasteiger partial charge in [-0.25, -0.2) is 0 Å². The molecule has 12 heavy (non-hydrogen) atoms. The maximum atomic E-state index is 5.89. The molecule has 0 atom stereocenters. The molecule has 1 nitrogen and oxygen atoms in total. The summed E-state index contributed by atoms with van der Waals surface area (Å²) in [5, 5.41) is 2.04. The van der Waals surface area contributed by atoms with Crippen LogP contribution in [0.25, 0.3) is 10.9 Å². The van der Waals surface area contributed by atoms with Crippen molar-refractivity contribution in [1.29, 1.82) is 0 Å². The standard InChI is InChI=1S/C10H10ClN/c1-7-5-8-3-4-9(11)6-10(8)12(7)2/h3-6H,1-2H3. The van der Waals surface area contributed by atoms with E-state index in [0.717, 1.165) is 5.02 Å². The summed E-state index contributed by atoms with van der Waals surface area (Å²) < 4.78 is 2.14. The fourth-order valence-corrected chi connectivity index (χ4v) is 1.61.